The minimum absolute atomic E-state index is 0.142. The molecule has 0 bridgehead atoms. The van der Waals surface area contributed by atoms with Crippen LogP contribution in [0.3, 0.4) is 0 Å². The lowest BCUT2D eigenvalue weighted by Gasteiger charge is -2.09. The molecule has 0 saturated carbocycles. The van der Waals surface area contributed by atoms with Gasteiger partial charge < -0.3 is 9.55 Å². The number of fused-ring (bicyclic) bond motifs is 6. The molecule has 3 heterocycles. The summed E-state index contributed by atoms with van der Waals surface area (Å²) < 4.78 is 4.30. The fourth-order valence-electron chi connectivity index (χ4n) is 7.77. The Morgan fingerprint density at radius 2 is 0.943 bits per heavy atom. The number of aromatic nitrogens is 3. The summed E-state index contributed by atoms with van der Waals surface area (Å²) in [5, 5.41) is 14.0. The summed E-state index contributed by atoms with van der Waals surface area (Å²) >= 11 is 0. The zero-order valence-electron chi connectivity index (χ0n) is 28.7. The van der Waals surface area contributed by atoms with Gasteiger partial charge in [-0.1, -0.05) is 121 Å². The van der Waals surface area contributed by atoms with Crippen LogP contribution in [0.15, 0.2) is 193 Å². The molecule has 0 amide bonds. The number of para-hydroxylation sites is 3. The lowest BCUT2D eigenvalue weighted by molar-refractivity contribution is 1.10. The molecule has 0 saturated heterocycles. The van der Waals surface area contributed by atoms with Crippen molar-refractivity contribution in [3.8, 4) is 39.1 Å². The fraction of sp³-hybridized carbons (Fsp3) is 0. The molecule has 0 aliphatic carbocycles. The first kappa shape index (κ1) is 30.6. The first-order valence-corrected chi connectivity index (χ1v) is 17.8. The van der Waals surface area contributed by atoms with E-state index in [2.05, 4.69) is 167 Å². The van der Waals surface area contributed by atoms with Crippen LogP contribution in [0.1, 0.15) is 0 Å². The van der Waals surface area contributed by atoms with Gasteiger partial charge >= 0.3 is 0 Å². The quantitative estimate of drug-likeness (QED) is 0.137. The van der Waals surface area contributed by atoms with Crippen LogP contribution in [0, 0.1) is 5.41 Å². The Morgan fingerprint density at radius 1 is 0.434 bits per heavy atom. The standard InChI is InChI=1S/C48H33N5/c49-48(51-47-38(18-11-29-50-47)34-23-21-33(22-24-34)32-12-3-1-4-13-32)53-44-20-10-8-17-40(44)42-31-36(26-28-46(42)53)35-25-27-45-41(30-35)39-16-7-9-19-43(39)52(45)37-14-5-2-6-15-37/h1-31H,(H2,49,50,51). The first-order chi connectivity index (χ1) is 26.2. The molecule has 53 heavy (non-hydrogen) atoms. The van der Waals surface area contributed by atoms with Crippen LogP contribution in [-0.4, -0.2) is 20.1 Å². The smallest absolute Gasteiger partial charge is 0.229 e. The van der Waals surface area contributed by atoms with Crippen molar-refractivity contribution in [2.75, 3.05) is 0 Å². The fourth-order valence-corrected chi connectivity index (χ4v) is 7.77. The van der Waals surface area contributed by atoms with Gasteiger partial charge in [0.2, 0.25) is 5.96 Å². The molecule has 0 unspecified atom stereocenters. The lowest BCUT2D eigenvalue weighted by atomic mass is 10.0. The number of benzene rings is 7. The predicted molar refractivity (Wildman–Crippen MR) is 220 cm³/mol. The summed E-state index contributed by atoms with van der Waals surface area (Å²) in [6.07, 6.45) is 1.86. The van der Waals surface area contributed by atoms with Crippen LogP contribution in [0.2, 0.25) is 0 Å². The third-order valence-electron chi connectivity index (χ3n) is 10.3. The third kappa shape index (κ3) is 5.17. The van der Waals surface area contributed by atoms with Crippen LogP contribution < -0.4 is 5.49 Å². The van der Waals surface area contributed by atoms with Gasteiger partial charge in [0.25, 0.3) is 0 Å². The van der Waals surface area contributed by atoms with Crippen molar-refractivity contribution in [2.24, 2.45) is 4.99 Å². The van der Waals surface area contributed by atoms with Gasteiger partial charge in [-0.3, -0.25) is 9.98 Å². The summed E-state index contributed by atoms with van der Waals surface area (Å²) in [6, 6.07) is 63.7. The summed E-state index contributed by atoms with van der Waals surface area (Å²) in [5.74, 6) is 0.142. The SMILES string of the molecule is N=C(/N=c1\[nH]cccc1-c1ccc(-c2ccccc2)cc1)n1c2ccccc2c2cc(-c3ccc4c(c3)c3ccccc3n4-c3ccccc3)ccc21. The van der Waals surface area contributed by atoms with Crippen molar-refractivity contribution >= 4 is 49.6 Å². The molecule has 0 aliphatic rings. The zero-order chi connectivity index (χ0) is 35.3. The van der Waals surface area contributed by atoms with Crippen molar-refractivity contribution in [3.63, 3.8) is 0 Å². The third-order valence-corrected chi connectivity index (χ3v) is 10.3. The van der Waals surface area contributed by atoms with Crippen LogP contribution in [-0.2, 0) is 0 Å². The molecule has 250 valence electrons. The molecule has 5 heteroatoms. The Balaban J connectivity index is 1.07. The maximum Gasteiger partial charge on any atom is 0.229 e. The molecule has 10 rings (SSSR count). The number of nitrogens with one attached hydrogen (secondary N) is 2. The number of H-pyrrole nitrogens is 1. The van der Waals surface area contributed by atoms with Crippen molar-refractivity contribution in [2.45, 2.75) is 0 Å². The highest BCUT2D eigenvalue weighted by Crippen LogP contribution is 2.37. The molecule has 0 fully saturated rings. The maximum absolute atomic E-state index is 9.39. The highest BCUT2D eigenvalue weighted by Gasteiger charge is 2.17. The number of aromatic amines is 1. The maximum atomic E-state index is 9.39. The predicted octanol–water partition coefficient (Wildman–Crippen LogP) is 11.6. The van der Waals surface area contributed by atoms with Crippen LogP contribution in [0.5, 0.6) is 0 Å². The van der Waals surface area contributed by atoms with E-state index in [4.69, 9.17) is 4.99 Å². The van der Waals surface area contributed by atoms with Crippen molar-refractivity contribution in [1.82, 2.24) is 14.1 Å². The van der Waals surface area contributed by atoms with E-state index in [9.17, 15) is 5.41 Å². The molecule has 0 atom stereocenters. The van der Waals surface area contributed by atoms with E-state index in [1.165, 1.54) is 27.4 Å². The molecule has 0 spiro atoms. The van der Waals surface area contributed by atoms with E-state index in [0.29, 0.717) is 5.49 Å². The molecule has 0 aliphatic heterocycles. The minimum Gasteiger partial charge on any atom is -0.346 e. The lowest BCUT2D eigenvalue weighted by Crippen LogP contribution is -2.17. The van der Waals surface area contributed by atoms with Crippen LogP contribution >= 0.6 is 0 Å². The number of rotatable bonds is 4. The van der Waals surface area contributed by atoms with Gasteiger partial charge in [0.1, 0.15) is 5.49 Å². The summed E-state index contributed by atoms with van der Waals surface area (Å²) in [7, 11) is 0. The van der Waals surface area contributed by atoms with E-state index in [1.54, 1.807) is 0 Å². The second-order valence-electron chi connectivity index (χ2n) is 13.3. The Labute approximate surface area is 305 Å². The van der Waals surface area contributed by atoms with Gasteiger partial charge in [0.05, 0.1) is 22.1 Å². The van der Waals surface area contributed by atoms with E-state index >= 15 is 0 Å². The largest absolute Gasteiger partial charge is 0.346 e. The van der Waals surface area contributed by atoms with Gasteiger partial charge in [-0.05, 0) is 88.5 Å². The van der Waals surface area contributed by atoms with E-state index in [0.717, 1.165) is 55.3 Å². The number of hydrogen-bond donors (Lipinski definition) is 2. The number of nitrogens with zero attached hydrogens (tertiary/aromatic N) is 3. The summed E-state index contributed by atoms with van der Waals surface area (Å²) in [5.41, 5.74) is 12.6. The molecule has 3 aromatic heterocycles. The topological polar surface area (TPSA) is 61.9 Å². The molecular formula is C48H33N5. The normalized spacial score (nSPS) is 12.0. The summed E-state index contributed by atoms with van der Waals surface area (Å²) in [6.45, 7) is 0. The zero-order valence-corrected chi connectivity index (χ0v) is 28.7. The van der Waals surface area contributed by atoms with Gasteiger partial charge in [-0.15, -0.1) is 0 Å². The number of pyridine rings is 1. The van der Waals surface area contributed by atoms with Crippen molar-refractivity contribution in [1.29, 1.82) is 5.41 Å². The highest BCUT2D eigenvalue weighted by atomic mass is 15.2. The van der Waals surface area contributed by atoms with Crippen LogP contribution in [0.25, 0.3) is 82.7 Å². The average molecular weight is 680 g/mol. The minimum atomic E-state index is 0.142. The van der Waals surface area contributed by atoms with Gasteiger partial charge in [-0.25, -0.2) is 0 Å². The van der Waals surface area contributed by atoms with Crippen molar-refractivity contribution in [3.05, 3.63) is 194 Å². The molecule has 0 radical (unpaired) electrons. The molecule has 2 N–H and O–H groups in total. The van der Waals surface area contributed by atoms with Crippen LogP contribution in [0.4, 0.5) is 0 Å². The molecule has 7 aromatic carbocycles. The Morgan fingerprint density at radius 3 is 1.68 bits per heavy atom. The molecule has 10 aromatic rings. The highest BCUT2D eigenvalue weighted by molar-refractivity contribution is 6.15. The second kappa shape index (κ2) is 12.5. The Kier molecular flexibility index (Phi) is 7.22. The first-order valence-electron chi connectivity index (χ1n) is 17.8. The van der Waals surface area contributed by atoms with Crippen molar-refractivity contribution < 1.29 is 0 Å². The van der Waals surface area contributed by atoms with Gasteiger partial charge in [0.15, 0.2) is 0 Å². The summed E-state index contributed by atoms with van der Waals surface area (Å²) in [4.78, 5) is 8.24. The van der Waals surface area contributed by atoms with E-state index in [1.807, 2.05) is 35.0 Å². The number of hydrogen-bond acceptors (Lipinski definition) is 1. The molecule has 5 nitrogen and oxygen atoms in total. The second-order valence-corrected chi connectivity index (χ2v) is 13.3. The van der Waals surface area contributed by atoms with E-state index in [-0.39, 0.29) is 5.96 Å². The Bertz CT molecular complexity index is 3060. The molecular weight excluding hydrogens is 647 g/mol. The van der Waals surface area contributed by atoms with Gasteiger partial charge in [-0.2, -0.15) is 4.99 Å². The monoisotopic (exact) mass is 679 g/mol. The van der Waals surface area contributed by atoms with Gasteiger partial charge in [0, 0.05) is 39.0 Å². The van der Waals surface area contributed by atoms with E-state index < -0.39 is 0 Å². The Hall–Kier alpha value is -7.24. The average Bonchev–Trinajstić information content (AvgIpc) is 3.74.